The molecule has 110 valence electrons. The van der Waals surface area contributed by atoms with Crippen molar-refractivity contribution in [2.75, 3.05) is 13.1 Å². The zero-order chi connectivity index (χ0) is 14.3. The first-order valence-electron chi connectivity index (χ1n) is 7.22. The lowest BCUT2D eigenvalue weighted by Crippen LogP contribution is -2.48. The van der Waals surface area contributed by atoms with Crippen LogP contribution in [-0.4, -0.2) is 36.1 Å². The van der Waals surface area contributed by atoms with E-state index < -0.39 is 5.97 Å². The molecular weight excluding hydrogens is 244 g/mol. The van der Waals surface area contributed by atoms with Gasteiger partial charge in [0.05, 0.1) is 6.04 Å². The second-order valence-electron chi connectivity index (χ2n) is 5.75. The summed E-state index contributed by atoms with van der Waals surface area (Å²) in [4.78, 5) is 22.4. The number of hydrogen-bond acceptors (Lipinski definition) is 3. The highest BCUT2D eigenvalue weighted by Crippen LogP contribution is 2.15. The van der Waals surface area contributed by atoms with Crippen molar-refractivity contribution in [3.05, 3.63) is 0 Å². The van der Waals surface area contributed by atoms with Crippen molar-refractivity contribution >= 4 is 11.9 Å². The smallest absolute Gasteiger partial charge is 0.303 e. The molecule has 3 unspecified atom stereocenters. The van der Waals surface area contributed by atoms with Crippen LogP contribution in [-0.2, 0) is 9.59 Å². The second-order valence-corrected chi connectivity index (χ2v) is 5.75. The standard InChI is InChI=1S/C14H26N2O3/c1-10(3-4-13(17)18)5-8-16-14(19)12-9-11(2)6-7-15-12/h10-12,15H,3-9H2,1-2H3,(H,16,19)(H,17,18). The van der Waals surface area contributed by atoms with Crippen molar-refractivity contribution in [1.82, 2.24) is 10.6 Å². The molecular formula is C14H26N2O3. The topological polar surface area (TPSA) is 78.4 Å². The normalized spacial score (nSPS) is 24.7. The van der Waals surface area contributed by atoms with Crippen molar-refractivity contribution in [3.63, 3.8) is 0 Å². The van der Waals surface area contributed by atoms with Crippen molar-refractivity contribution in [2.45, 2.75) is 52.0 Å². The van der Waals surface area contributed by atoms with Crippen molar-refractivity contribution in [2.24, 2.45) is 11.8 Å². The summed E-state index contributed by atoms with van der Waals surface area (Å²) in [6.07, 6.45) is 3.75. The molecule has 0 radical (unpaired) electrons. The Labute approximate surface area is 115 Å². The van der Waals surface area contributed by atoms with Gasteiger partial charge < -0.3 is 15.7 Å². The Hall–Kier alpha value is -1.10. The van der Waals surface area contributed by atoms with Crippen molar-refractivity contribution < 1.29 is 14.7 Å². The van der Waals surface area contributed by atoms with Crippen LogP contribution in [0, 0.1) is 11.8 Å². The largest absolute Gasteiger partial charge is 0.481 e. The number of carboxylic acid groups (broad SMARTS) is 1. The first-order chi connectivity index (χ1) is 8.99. The van der Waals surface area contributed by atoms with Crippen LogP contribution in [0.15, 0.2) is 0 Å². The lowest BCUT2D eigenvalue weighted by Gasteiger charge is -2.27. The van der Waals surface area contributed by atoms with Gasteiger partial charge in [-0.25, -0.2) is 0 Å². The highest BCUT2D eigenvalue weighted by Gasteiger charge is 2.24. The number of rotatable bonds is 7. The number of carboxylic acids is 1. The molecule has 1 rings (SSSR count). The number of piperidine rings is 1. The molecule has 0 bridgehead atoms. The summed E-state index contributed by atoms with van der Waals surface area (Å²) < 4.78 is 0. The minimum Gasteiger partial charge on any atom is -0.481 e. The van der Waals surface area contributed by atoms with E-state index in [4.69, 9.17) is 5.11 Å². The fourth-order valence-electron chi connectivity index (χ4n) is 2.39. The molecule has 1 aliphatic heterocycles. The molecule has 1 fully saturated rings. The highest BCUT2D eigenvalue weighted by molar-refractivity contribution is 5.81. The monoisotopic (exact) mass is 270 g/mol. The lowest BCUT2D eigenvalue weighted by atomic mass is 9.94. The molecule has 0 aromatic rings. The zero-order valence-electron chi connectivity index (χ0n) is 11.9. The number of carbonyl (C=O) groups excluding carboxylic acids is 1. The van der Waals surface area contributed by atoms with Gasteiger partial charge in [0.1, 0.15) is 0 Å². The first kappa shape index (κ1) is 16.0. The minimum absolute atomic E-state index is 0.0573. The van der Waals surface area contributed by atoms with Crippen LogP contribution in [0.5, 0.6) is 0 Å². The molecule has 0 aromatic heterocycles. The van der Waals surface area contributed by atoms with Gasteiger partial charge >= 0.3 is 5.97 Å². The van der Waals surface area contributed by atoms with E-state index in [0.29, 0.717) is 24.8 Å². The molecule has 1 amide bonds. The van der Waals surface area contributed by atoms with Gasteiger partial charge in [-0.3, -0.25) is 9.59 Å². The fourth-order valence-corrected chi connectivity index (χ4v) is 2.39. The summed E-state index contributed by atoms with van der Waals surface area (Å²) in [6, 6.07) is -0.0573. The molecule has 1 heterocycles. The number of nitrogens with one attached hydrogen (secondary N) is 2. The molecule has 5 nitrogen and oxygen atoms in total. The molecule has 0 spiro atoms. The van der Waals surface area contributed by atoms with Gasteiger partial charge in [-0.15, -0.1) is 0 Å². The maximum atomic E-state index is 11.9. The van der Waals surface area contributed by atoms with E-state index in [1.54, 1.807) is 0 Å². The highest BCUT2D eigenvalue weighted by atomic mass is 16.4. The van der Waals surface area contributed by atoms with Gasteiger partial charge in [-0.1, -0.05) is 13.8 Å². The first-order valence-corrected chi connectivity index (χ1v) is 7.22. The third-order valence-corrected chi connectivity index (χ3v) is 3.77. The van der Waals surface area contributed by atoms with Crippen LogP contribution in [0.25, 0.3) is 0 Å². The summed E-state index contributed by atoms with van der Waals surface area (Å²) in [6.45, 7) is 5.74. The van der Waals surface area contributed by atoms with Gasteiger partial charge in [-0.05, 0) is 44.1 Å². The van der Waals surface area contributed by atoms with E-state index >= 15 is 0 Å². The van der Waals surface area contributed by atoms with Crippen molar-refractivity contribution in [3.8, 4) is 0 Å². The van der Waals surface area contributed by atoms with E-state index in [1.165, 1.54) is 0 Å². The zero-order valence-corrected chi connectivity index (χ0v) is 11.9. The predicted molar refractivity (Wildman–Crippen MR) is 73.8 cm³/mol. The maximum absolute atomic E-state index is 11.9. The number of aliphatic carboxylic acids is 1. The molecule has 1 aliphatic rings. The quantitative estimate of drug-likeness (QED) is 0.653. The SMILES string of the molecule is CC(CCNC(=O)C1CC(C)CCN1)CCC(=O)O. The van der Waals surface area contributed by atoms with E-state index in [2.05, 4.69) is 17.6 Å². The Morgan fingerprint density at radius 3 is 2.79 bits per heavy atom. The Morgan fingerprint density at radius 2 is 2.16 bits per heavy atom. The maximum Gasteiger partial charge on any atom is 0.303 e. The molecule has 0 aromatic carbocycles. The van der Waals surface area contributed by atoms with E-state index in [1.807, 2.05) is 6.92 Å². The van der Waals surface area contributed by atoms with Crippen LogP contribution in [0.4, 0.5) is 0 Å². The van der Waals surface area contributed by atoms with Crippen molar-refractivity contribution in [1.29, 1.82) is 0 Å². The Balaban J connectivity index is 2.14. The van der Waals surface area contributed by atoms with Crippen LogP contribution in [0.2, 0.25) is 0 Å². The average molecular weight is 270 g/mol. The third kappa shape index (κ3) is 6.57. The molecule has 3 atom stereocenters. The van der Waals surface area contributed by atoms with E-state index in [0.717, 1.165) is 25.8 Å². The number of amides is 1. The Bertz CT molecular complexity index is 307. The molecule has 0 aliphatic carbocycles. The van der Waals surface area contributed by atoms with Gasteiger partial charge in [0.15, 0.2) is 0 Å². The second kappa shape index (κ2) is 8.15. The molecule has 3 N–H and O–H groups in total. The number of carbonyl (C=O) groups is 2. The molecule has 5 heteroatoms. The Kier molecular flexibility index (Phi) is 6.84. The summed E-state index contributed by atoms with van der Waals surface area (Å²) >= 11 is 0. The van der Waals surface area contributed by atoms with Gasteiger partial charge in [-0.2, -0.15) is 0 Å². The summed E-state index contributed by atoms with van der Waals surface area (Å²) in [7, 11) is 0. The van der Waals surface area contributed by atoms with E-state index in [-0.39, 0.29) is 18.4 Å². The van der Waals surface area contributed by atoms with Crippen LogP contribution < -0.4 is 10.6 Å². The minimum atomic E-state index is -0.753. The van der Waals surface area contributed by atoms with Gasteiger partial charge in [0.2, 0.25) is 5.91 Å². The number of hydrogen-bond donors (Lipinski definition) is 3. The fraction of sp³-hybridized carbons (Fsp3) is 0.857. The van der Waals surface area contributed by atoms with Crippen LogP contribution in [0.1, 0.15) is 46.0 Å². The Morgan fingerprint density at radius 1 is 1.42 bits per heavy atom. The summed E-state index contributed by atoms with van der Waals surface area (Å²) in [5.41, 5.74) is 0. The summed E-state index contributed by atoms with van der Waals surface area (Å²) in [5, 5.41) is 14.8. The third-order valence-electron chi connectivity index (χ3n) is 3.77. The molecule has 1 saturated heterocycles. The molecule has 0 saturated carbocycles. The van der Waals surface area contributed by atoms with Crippen LogP contribution in [0.3, 0.4) is 0 Å². The van der Waals surface area contributed by atoms with E-state index in [9.17, 15) is 9.59 Å². The van der Waals surface area contributed by atoms with Gasteiger partial charge in [0.25, 0.3) is 0 Å². The van der Waals surface area contributed by atoms with Crippen LogP contribution >= 0.6 is 0 Å². The average Bonchev–Trinajstić information content (AvgIpc) is 2.36. The lowest BCUT2D eigenvalue weighted by molar-refractivity contribution is -0.137. The van der Waals surface area contributed by atoms with Gasteiger partial charge in [0, 0.05) is 13.0 Å². The molecule has 19 heavy (non-hydrogen) atoms. The summed E-state index contributed by atoms with van der Waals surface area (Å²) in [5.74, 6) is 0.259. The predicted octanol–water partition coefficient (Wildman–Crippen LogP) is 1.38.